The van der Waals surface area contributed by atoms with Crippen LogP contribution < -0.4 is 16.6 Å². The number of hydrogen-bond acceptors (Lipinski definition) is 4. The number of amides is 1. The van der Waals surface area contributed by atoms with Crippen molar-refractivity contribution < 1.29 is 4.79 Å². The van der Waals surface area contributed by atoms with Gasteiger partial charge in [-0.1, -0.05) is 42.5 Å². The average Bonchev–Trinajstić information content (AvgIpc) is 2.69. The smallest absolute Gasteiger partial charge is 0.344 e. The highest BCUT2D eigenvalue weighted by atomic mass is 16.2. The Morgan fingerprint density at radius 1 is 1.11 bits per heavy atom. The van der Waals surface area contributed by atoms with Gasteiger partial charge in [-0.05, 0) is 44.0 Å². The molecule has 1 aromatic heterocycles. The fourth-order valence-corrected chi connectivity index (χ4v) is 2.95. The van der Waals surface area contributed by atoms with E-state index in [1.165, 1.54) is 0 Å². The molecule has 28 heavy (non-hydrogen) atoms. The molecule has 3 rings (SSSR count). The molecule has 1 atom stereocenters. The summed E-state index contributed by atoms with van der Waals surface area (Å²) in [4.78, 5) is 38.1. The van der Waals surface area contributed by atoms with Crippen LogP contribution in [0.1, 0.15) is 41.5 Å². The summed E-state index contributed by atoms with van der Waals surface area (Å²) >= 11 is 0. The zero-order chi connectivity index (χ0) is 20.3. The molecule has 0 fully saturated rings. The van der Waals surface area contributed by atoms with Crippen molar-refractivity contribution >= 4 is 5.91 Å². The van der Waals surface area contributed by atoms with E-state index in [4.69, 9.17) is 0 Å². The highest BCUT2D eigenvalue weighted by molar-refractivity contribution is 5.92. The van der Waals surface area contributed by atoms with E-state index in [9.17, 15) is 14.4 Å². The Morgan fingerprint density at radius 2 is 1.82 bits per heavy atom. The number of nitrogens with one attached hydrogen (secondary N) is 1. The van der Waals surface area contributed by atoms with Gasteiger partial charge in [-0.15, -0.1) is 0 Å². The molecule has 0 aliphatic heterocycles. The fourth-order valence-electron chi connectivity index (χ4n) is 2.95. The van der Waals surface area contributed by atoms with E-state index in [1.807, 2.05) is 50.2 Å². The third-order valence-electron chi connectivity index (χ3n) is 4.48. The van der Waals surface area contributed by atoms with Gasteiger partial charge in [-0.2, -0.15) is 9.78 Å². The molecule has 0 saturated carbocycles. The summed E-state index contributed by atoms with van der Waals surface area (Å²) in [5, 5.41) is 6.88. The molecule has 0 aliphatic carbocycles. The maximum absolute atomic E-state index is 12.8. The molecule has 7 nitrogen and oxygen atoms in total. The van der Waals surface area contributed by atoms with Crippen LogP contribution in [0.15, 0.2) is 64.2 Å². The lowest BCUT2D eigenvalue weighted by molar-refractivity contribution is 0.0930. The van der Waals surface area contributed by atoms with Gasteiger partial charge in [0.25, 0.3) is 11.5 Å². The number of hydrogen-bond donors (Lipinski definition) is 1. The van der Waals surface area contributed by atoms with Crippen molar-refractivity contribution in [1.29, 1.82) is 0 Å². The minimum atomic E-state index is -0.700. The topological polar surface area (TPSA) is 86.0 Å². The van der Waals surface area contributed by atoms with Crippen LogP contribution in [0.4, 0.5) is 0 Å². The highest BCUT2D eigenvalue weighted by Gasteiger charge is 2.21. The first-order valence-electron chi connectivity index (χ1n) is 9.09. The van der Waals surface area contributed by atoms with Crippen molar-refractivity contribution in [3.63, 3.8) is 0 Å². The molecule has 0 spiro atoms. The first kappa shape index (κ1) is 19.3. The van der Waals surface area contributed by atoms with E-state index in [-0.39, 0.29) is 18.3 Å². The van der Waals surface area contributed by atoms with Crippen LogP contribution in [0.2, 0.25) is 0 Å². The predicted octanol–water partition coefficient (Wildman–Crippen LogP) is 2.21. The fraction of sp³-hybridized carbons (Fsp3) is 0.238. The lowest BCUT2D eigenvalue weighted by atomic mass is 10.1. The van der Waals surface area contributed by atoms with E-state index in [0.29, 0.717) is 5.69 Å². The second-order valence-corrected chi connectivity index (χ2v) is 6.54. The van der Waals surface area contributed by atoms with Gasteiger partial charge in [0.15, 0.2) is 0 Å². The van der Waals surface area contributed by atoms with Crippen molar-refractivity contribution in [1.82, 2.24) is 19.7 Å². The molecular formula is C21H22N4O3. The molecule has 7 heteroatoms. The van der Waals surface area contributed by atoms with Crippen LogP contribution in [0, 0.1) is 6.92 Å². The highest BCUT2D eigenvalue weighted by Crippen LogP contribution is 2.11. The van der Waals surface area contributed by atoms with Crippen LogP contribution in [0.25, 0.3) is 5.69 Å². The molecule has 0 bridgehead atoms. The summed E-state index contributed by atoms with van der Waals surface area (Å²) in [6.45, 7) is 5.53. The minimum Gasteiger partial charge on any atom is -0.344 e. The van der Waals surface area contributed by atoms with E-state index in [2.05, 4.69) is 10.4 Å². The summed E-state index contributed by atoms with van der Waals surface area (Å²) in [6.07, 6.45) is 0. The van der Waals surface area contributed by atoms with E-state index >= 15 is 0 Å². The first-order valence-corrected chi connectivity index (χ1v) is 9.09. The van der Waals surface area contributed by atoms with Crippen molar-refractivity contribution in [2.24, 2.45) is 0 Å². The number of benzene rings is 2. The van der Waals surface area contributed by atoms with Crippen LogP contribution >= 0.6 is 0 Å². The van der Waals surface area contributed by atoms with Crippen LogP contribution in [-0.2, 0) is 6.54 Å². The largest absolute Gasteiger partial charge is 0.352 e. The van der Waals surface area contributed by atoms with Crippen molar-refractivity contribution in [3.8, 4) is 5.69 Å². The monoisotopic (exact) mass is 378 g/mol. The SMILES string of the molecule is CCn1c(=O)c(C(=O)NC(C)c2ccccc2)nn(-c2cccc(C)c2)c1=O. The van der Waals surface area contributed by atoms with Gasteiger partial charge >= 0.3 is 5.69 Å². The zero-order valence-corrected chi connectivity index (χ0v) is 16.0. The molecule has 1 heterocycles. The summed E-state index contributed by atoms with van der Waals surface area (Å²) in [6, 6.07) is 16.2. The molecule has 0 saturated heterocycles. The van der Waals surface area contributed by atoms with Crippen LogP contribution in [-0.4, -0.2) is 20.3 Å². The maximum Gasteiger partial charge on any atom is 0.352 e. The van der Waals surface area contributed by atoms with Crippen molar-refractivity contribution in [3.05, 3.63) is 92.3 Å². The summed E-state index contributed by atoms with van der Waals surface area (Å²) in [5.41, 5.74) is 0.742. The number of carbonyl (C=O) groups is 1. The Balaban J connectivity index is 2.05. The Kier molecular flexibility index (Phi) is 5.54. The second-order valence-electron chi connectivity index (χ2n) is 6.54. The van der Waals surface area contributed by atoms with Crippen LogP contribution in [0.5, 0.6) is 0 Å². The van der Waals surface area contributed by atoms with Gasteiger partial charge in [0.05, 0.1) is 11.7 Å². The van der Waals surface area contributed by atoms with Gasteiger partial charge in [0.2, 0.25) is 5.69 Å². The summed E-state index contributed by atoms with van der Waals surface area (Å²) in [7, 11) is 0. The third-order valence-corrected chi connectivity index (χ3v) is 4.48. The normalized spacial score (nSPS) is 11.8. The molecule has 1 amide bonds. The molecule has 1 unspecified atom stereocenters. The number of carbonyl (C=O) groups excluding carboxylic acids is 1. The Labute approximate surface area is 162 Å². The lowest BCUT2D eigenvalue weighted by Gasteiger charge is -2.15. The maximum atomic E-state index is 12.8. The zero-order valence-electron chi connectivity index (χ0n) is 16.0. The number of rotatable bonds is 5. The first-order chi connectivity index (χ1) is 13.4. The lowest BCUT2D eigenvalue weighted by Crippen LogP contribution is -2.45. The quantitative estimate of drug-likeness (QED) is 0.738. The van der Waals surface area contributed by atoms with E-state index in [0.717, 1.165) is 20.4 Å². The molecule has 1 N–H and O–H groups in total. The molecule has 0 aliphatic rings. The Hall–Kier alpha value is -3.48. The number of aryl methyl sites for hydroxylation is 1. The molecule has 2 aromatic carbocycles. The standard InChI is InChI=1S/C21H22N4O3/c1-4-24-20(27)18(19(26)22-15(3)16-10-6-5-7-11-16)23-25(21(24)28)17-12-8-9-14(2)13-17/h5-13,15H,4H2,1-3H3,(H,22,26). The van der Waals surface area contributed by atoms with Gasteiger partial charge < -0.3 is 5.32 Å². The molecule has 144 valence electrons. The van der Waals surface area contributed by atoms with Gasteiger partial charge in [0.1, 0.15) is 0 Å². The predicted molar refractivity (Wildman–Crippen MR) is 107 cm³/mol. The average molecular weight is 378 g/mol. The second kappa shape index (κ2) is 8.04. The Bertz CT molecular complexity index is 1120. The van der Waals surface area contributed by atoms with E-state index in [1.54, 1.807) is 25.1 Å². The van der Waals surface area contributed by atoms with E-state index < -0.39 is 17.2 Å². The van der Waals surface area contributed by atoms with Crippen molar-refractivity contribution in [2.45, 2.75) is 33.4 Å². The van der Waals surface area contributed by atoms with Crippen LogP contribution in [0.3, 0.4) is 0 Å². The Morgan fingerprint density at radius 3 is 2.46 bits per heavy atom. The molecule has 0 radical (unpaired) electrons. The van der Waals surface area contributed by atoms with Gasteiger partial charge in [-0.25, -0.2) is 4.79 Å². The molecule has 3 aromatic rings. The van der Waals surface area contributed by atoms with Crippen molar-refractivity contribution in [2.75, 3.05) is 0 Å². The number of aromatic nitrogens is 3. The summed E-state index contributed by atoms with van der Waals surface area (Å²) in [5.74, 6) is -0.620. The van der Waals surface area contributed by atoms with Gasteiger partial charge in [-0.3, -0.25) is 14.2 Å². The van der Waals surface area contributed by atoms with Gasteiger partial charge in [0, 0.05) is 6.54 Å². The minimum absolute atomic E-state index is 0.139. The summed E-state index contributed by atoms with van der Waals surface area (Å²) < 4.78 is 2.11. The third kappa shape index (κ3) is 3.78. The molecular weight excluding hydrogens is 356 g/mol. The number of nitrogens with zero attached hydrogens (tertiary/aromatic N) is 3.